The van der Waals surface area contributed by atoms with Crippen LogP contribution in [0, 0.1) is 5.41 Å². The van der Waals surface area contributed by atoms with Crippen molar-refractivity contribution in [3.63, 3.8) is 0 Å². The second kappa shape index (κ2) is 8.49. The zero-order valence-electron chi connectivity index (χ0n) is 20.5. The summed E-state index contributed by atoms with van der Waals surface area (Å²) in [7, 11) is -1.37. The summed E-state index contributed by atoms with van der Waals surface area (Å²) < 4.78 is 50.1. The van der Waals surface area contributed by atoms with Crippen LogP contribution < -0.4 is 14.2 Å². The largest absolute Gasteiger partial charge is 0.493 e. The van der Waals surface area contributed by atoms with Gasteiger partial charge in [-0.05, 0) is 49.6 Å². The molecule has 0 spiro atoms. The average molecular weight is 429 g/mol. The van der Waals surface area contributed by atoms with Gasteiger partial charge < -0.3 is 23.7 Å². The van der Waals surface area contributed by atoms with Gasteiger partial charge in [0.15, 0.2) is 11.5 Å². The monoisotopic (exact) mass is 429 g/mol. The van der Waals surface area contributed by atoms with E-state index in [0.717, 1.165) is 6.42 Å². The minimum atomic E-state index is -2.77. The second-order valence-corrected chi connectivity index (χ2v) is 7.67. The van der Waals surface area contributed by atoms with Gasteiger partial charge in [-0.25, -0.2) is 4.79 Å². The van der Waals surface area contributed by atoms with Crippen molar-refractivity contribution in [3.05, 3.63) is 41.5 Å². The number of rotatable bonds is 8. The minimum Gasteiger partial charge on any atom is -0.493 e. The lowest BCUT2D eigenvalue weighted by molar-refractivity contribution is -0.163. The van der Waals surface area contributed by atoms with Crippen LogP contribution in [0.25, 0.3) is 11.1 Å². The van der Waals surface area contributed by atoms with Crippen LogP contribution in [-0.4, -0.2) is 39.3 Å². The fourth-order valence-corrected chi connectivity index (χ4v) is 3.98. The molecule has 0 aromatic heterocycles. The Morgan fingerprint density at radius 1 is 1.16 bits per heavy atom. The first kappa shape index (κ1) is 17.5. The van der Waals surface area contributed by atoms with Crippen molar-refractivity contribution in [2.24, 2.45) is 5.41 Å². The van der Waals surface area contributed by atoms with E-state index in [4.69, 9.17) is 27.8 Å². The van der Waals surface area contributed by atoms with Crippen molar-refractivity contribution in [1.29, 1.82) is 0 Å². The molecule has 2 aromatic rings. The van der Waals surface area contributed by atoms with Crippen LogP contribution in [0.5, 0.6) is 17.2 Å². The van der Waals surface area contributed by atoms with Crippen LogP contribution in [0.2, 0.25) is 0 Å². The Bertz CT molecular complexity index is 1110. The molecule has 0 saturated heterocycles. The number of methoxy groups -OCH3 is 2. The first-order chi connectivity index (χ1) is 16.2. The predicted molar refractivity (Wildman–Crippen MR) is 113 cm³/mol. The van der Waals surface area contributed by atoms with Gasteiger partial charge in [0.2, 0.25) is 5.75 Å². The maximum Gasteiger partial charge on any atom is 0.338 e. The van der Waals surface area contributed by atoms with E-state index < -0.39 is 12.5 Å². The molecule has 1 aliphatic heterocycles. The van der Waals surface area contributed by atoms with Crippen molar-refractivity contribution in [1.82, 2.24) is 0 Å². The molecule has 0 unspecified atom stereocenters. The average Bonchev–Trinajstić information content (AvgIpc) is 3.13. The molecule has 0 amide bonds. The number of hydrogen-bond donors (Lipinski definition) is 0. The summed E-state index contributed by atoms with van der Waals surface area (Å²) in [6.07, 6.45) is 2.09. The van der Waals surface area contributed by atoms with E-state index in [1.165, 1.54) is 7.11 Å². The van der Waals surface area contributed by atoms with Gasteiger partial charge in [0, 0.05) is 11.1 Å². The zero-order valence-corrected chi connectivity index (χ0v) is 17.5. The van der Waals surface area contributed by atoms with Gasteiger partial charge in [-0.2, -0.15) is 0 Å². The lowest BCUT2D eigenvalue weighted by Gasteiger charge is -2.38. The fraction of sp³-hybridized carbons (Fsp3) is 0.417. The molecular weight excluding hydrogens is 400 g/mol. The van der Waals surface area contributed by atoms with Gasteiger partial charge in [-0.15, -0.1) is 0 Å². The van der Waals surface area contributed by atoms with Crippen molar-refractivity contribution in [2.75, 3.05) is 27.4 Å². The predicted octanol–water partition coefficient (Wildman–Crippen LogP) is 4.15. The van der Waals surface area contributed by atoms with Crippen molar-refractivity contribution in [2.45, 2.75) is 32.8 Å². The van der Waals surface area contributed by atoms with Gasteiger partial charge in [0.05, 0.1) is 30.4 Å². The molecule has 2 aromatic carbocycles. The number of ether oxygens (including phenoxy) is 5. The van der Waals surface area contributed by atoms with E-state index >= 15 is 0 Å². The van der Waals surface area contributed by atoms with Gasteiger partial charge >= 0.3 is 11.9 Å². The van der Waals surface area contributed by atoms with Crippen LogP contribution in [0.4, 0.5) is 0 Å². The number of carbonyl (C=O) groups is 2. The van der Waals surface area contributed by atoms with Gasteiger partial charge in [0.1, 0.15) is 18.6 Å². The maximum absolute atomic E-state index is 12.6. The van der Waals surface area contributed by atoms with Crippen molar-refractivity contribution < 1.29 is 37.4 Å². The van der Waals surface area contributed by atoms with Gasteiger partial charge in [-0.3, -0.25) is 4.79 Å². The fourth-order valence-electron chi connectivity index (χ4n) is 3.98. The molecule has 164 valence electrons. The molecule has 1 saturated carbocycles. The Labute approximate surface area is 185 Å². The Hall–Kier alpha value is -3.22. The summed E-state index contributed by atoms with van der Waals surface area (Å²) in [5.41, 5.74) is 1.59. The third kappa shape index (κ3) is 3.69. The second-order valence-electron chi connectivity index (χ2n) is 7.67. The maximum atomic E-state index is 12.6. The summed E-state index contributed by atoms with van der Waals surface area (Å²) in [5.74, 6) is -0.506. The number of cyclic esters (lactones) is 1. The van der Waals surface area contributed by atoms with Crippen LogP contribution >= 0.6 is 0 Å². The van der Waals surface area contributed by atoms with E-state index in [-0.39, 0.29) is 49.0 Å². The highest BCUT2D eigenvalue weighted by Crippen LogP contribution is 2.48. The van der Waals surface area contributed by atoms with Crippen molar-refractivity contribution in [3.8, 4) is 28.4 Å². The lowest BCUT2D eigenvalue weighted by atomic mass is 9.69. The number of carbonyl (C=O) groups excluding carboxylic acids is 2. The number of benzene rings is 2. The van der Waals surface area contributed by atoms with Gasteiger partial charge in [0.25, 0.3) is 0 Å². The molecule has 0 N–H and O–H groups in total. The highest BCUT2D eigenvalue weighted by Gasteiger charge is 2.46. The Morgan fingerprint density at radius 3 is 2.65 bits per heavy atom. The number of hydrogen-bond acceptors (Lipinski definition) is 7. The normalized spacial score (nSPS) is 17.9. The van der Waals surface area contributed by atoms with Crippen LogP contribution in [0.15, 0.2) is 30.3 Å². The SMILES string of the molecule is [2H]C([2H])([2H])Oc1c(OC)ccc(-c2ccc3c(c2)COC3=O)c1OCC1(C(=O)OCC)CCC1. The highest BCUT2D eigenvalue weighted by atomic mass is 16.6. The molecule has 1 heterocycles. The molecule has 1 aliphatic carbocycles. The van der Waals surface area contributed by atoms with E-state index in [1.807, 2.05) is 0 Å². The summed E-state index contributed by atoms with van der Waals surface area (Å²) in [6, 6.07) is 8.48. The van der Waals surface area contributed by atoms with Crippen LogP contribution in [-0.2, 0) is 20.9 Å². The summed E-state index contributed by atoms with van der Waals surface area (Å²) in [4.78, 5) is 24.5. The number of fused-ring (bicyclic) bond motifs is 1. The molecular formula is C24H26O7. The van der Waals surface area contributed by atoms with Crippen molar-refractivity contribution >= 4 is 11.9 Å². The topological polar surface area (TPSA) is 80.3 Å². The molecule has 7 heteroatoms. The molecule has 31 heavy (non-hydrogen) atoms. The van der Waals surface area contributed by atoms with E-state index in [1.54, 1.807) is 37.3 Å². The molecule has 2 aliphatic rings. The smallest absolute Gasteiger partial charge is 0.338 e. The molecule has 0 bridgehead atoms. The van der Waals surface area contributed by atoms with E-state index in [0.29, 0.717) is 35.1 Å². The molecule has 7 nitrogen and oxygen atoms in total. The highest BCUT2D eigenvalue weighted by molar-refractivity contribution is 5.94. The summed E-state index contributed by atoms with van der Waals surface area (Å²) >= 11 is 0. The van der Waals surface area contributed by atoms with Crippen LogP contribution in [0.3, 0.4) is 0 Å². The first-order valence-electron chi connectivity index (χ1n) is 11.7. The Kier molecular flexibility index (Phi) is 4.78. The molecule has 0 atom stereocenters. The molecule has 4 rings (SSSR count). The van der Waals surface area contributed by atoms with Gasteiger partial charge in [-0.1, -0.05) is 12.5 Å². The van der Waals surface area contributed by atoms with Crippen LogP contribution in [0.1, 0.15) is 46.2 Å². The standard InChI is InChI=1S/C24H26O7/c1-4-29-23(26)24(10-5-11-24)14-31-20-17(8-9-19(27-2)21(20)28-3)15-6-7-18-16(12-15)13-30-22(18)25/h6-9,12H,4-5,10-11,13-14H2,1-3H3/i3D3. The minimum absolute atomic E-state index is 0.00407. The third-order valence-electron chi connectivity index (χ3n) is 5.90. The Balaban J connectivity index is 1.78. The molecule has 1 fully saturated rings. The first-order valence-corrected chi connectivity index (χ1v) is 10.2. The lowest BCUT2D eigenvalue weighted by Crippen LogP contribution is -2.44. The molecule has 0 radical (unpaired) electrons. The zero-order chi connectivity index (χ0) is 24.5. The summed E-state index contributed by atoms with van der Waals surface area (Å²) in [5, 5.41) is 0. The third-order valence-corrected chi connectivity index (χ3v) is 5.90. The van der Waals surface area contributed by atoms with E-state index in [9.17, 15) is 9.59 Å². The Morgan fingerprint density at radius 2 is 1.97 bits per heavy atom. The van der Waals surface area contributed by atoms with E-state index in [2.05, 4.69) is 0 Å². The summed E-state index contributed by atoms with van der Waals surface area (Å²) in [6.45, 7) is 2.15. The number of esters is 2. The quantitative estimate of drug-likeness (QED) is 0.583.